The molecule has 1 aromatic heterocycles. The number of nitrogen functional groups attached to an aromatic ring is 1. The highest BCUT2D eigenvalue weighted by molar-refractivity contribution is 5.99. The molecule has 0 spiro atoms. The van der Waals surface area contributed by atoms with E-state index in [9.17, 15) is 9.59 Å². The lowest BCUT2D eigenvalue weighted by Crippen LogP contribution is -2.53. The summed E-state index contributed by atoms with van der Waals surface area (Å²) in [6, 6.07) is 5.58. The summed E-state index contributed by atoms with van der Waals surface area (Å²) in [5, 5.41) is 8.94. The lowest BCUT2D eigenvalue weighted by Gasteiger charge is -2.35. The quantitative estimate of drug-likeness (QED) is 0.215. The SMILES string of the molecule is CCCCC(C(=O)OCC)N1CCC[C@@H]1C(=O)N1CCC[C@H]1CCc1[nH]c2cc(C(=N)N)ccc2c1CC. The van der Waals surface area contributed by atoms with Gasteiger partial charge in [0.25, 0.3) is 0 Å². The Bertz CT molecular complexity index is 1140. The van der Waals surface area contributed by atoms with E-state index in [2.05, 4.69) is 34.7 Å². The lowest BCUT2D eigenvalue weighted by atomic mass is 10.0. The Hall–Kier alpha value is -2.87. The maximum Gasteiger partial charge on any atom is 0.323 e. The maximum atomic E-state index is 13.9. The van der Waals surface area contributed by atoms with Crippen LogP contribution >= 0.6 is 0 Å². The Morgan fingerprint density at radius 1 is 1.18 bits per heavy atom. The highest BCUT2D eigenvalue weighted by Gasteiger charge is 2.42. The van der Waals surface area contributed by atoms with Crippen LogP contribution in [0, 0.1) is 5.41 Å². The number of unbranched alkanes of at least 4 members (excludes halogenated alkanes) is 1. The van der Waals surface area contributed by atoms with Gasteiger partial charge in [-0.05, 0) is 76.5 Å². The van der Waals surface area contributed by atoms with Crippen molar-refractivity contribution in [3.8, 4) is 0 Å². The summed E-state index contributed by atoms with van der Waals surface area (Å²) < 4.78 is 5.42. The van der Waals surface area contributed by atoms with Crippen LogP contribution in [-0.4, -0.2) is 70.3 Å². The van der Waals surface area contributed by atoms with Crippen LogP contribution in [0.25, 0.3) is 10.9 Å². The zero-order valence-corrected chi connectivity index (χ0v) is 23.4. The molecule has 208 valence electrons. The smallest absolute Gasteiger partial charge is 0.323 e. The highest BCUT2D eigenvalue weighted by Crippen LogP contribution is 2.31. The van der Waals surface area contributed by atoms with Gasteiger partial charge in [-0.25, -0.2) is 0 Å². The average molecular weight is 524 g/mol. The first-order valence-electron chi connectivity index (χ1n) is 14.6. The van der Waals surface area contributed by atoms with Crippen molar-refractivity contribution >= 4 is 28.6 Å². The number of esters is 1. The molecule has 2 fully saturated rings. The number of fused-ring (bicyclic) bond motifs is 1. The molecule has 1 unspecified atom stereocenters. The van der Waals surface area contributed by atoms with Gasteiger partial charge < -0.3 is 20.4 Å². The van der Waals surface area contributed by atoms with Crippen molar-refractivity contribution < 1.29 is 14.3 Å². The molecule has 2 aliphatic rings. The second-order valence-corrected chi connectivity index (χ2v) is 10.8. The number of carbonyl (C=O) groups is 2. The molecule has 0 bridgehead atoms. The van der Waals surface area contributed by atoms with Crippen molar-refractivity contribution in [2.45, 2.75) is 103 Å². The highest BCUT2D eigenvalue weighted by atomic mass is 16.5. The van der Waals surface area contributed by atoms with E-state index in [0.717, 1.165) is 88.4 Å². The van der Waals surface area contributed by atoms with Crippen LogP contribution in [0.15, 0.2) is 18.2 Å². The zero-order chi connectivity index (χ0) is 27.2. The van der Waals surface area contributed by atoms with Crippen LogP contribution in [0.2, 0.25) is 0 Å². The summed E-state index contributed by atoms with van der Waals surface area (Å²) in [6.07, 6.45) is 9.21. The Morgan fingerprint density at radius 2 is 1.97 bits per heavy atom. The van der Waals surface area contributed by atoms with Crippen LogP contribution in [-0.2, 0) is 27.2 Å². The van der Waals surface area contributed by atoms with Crippen molar-refractivity contribution in [3.05, 3.63) is 35.0 Å². The molecule has 4 rings (SSSR count). The van der Waals surface area contributed by atoms with Gasteiger partial charge in [0.15, 0.2) is 0 Å². The third-order valence-electron chi connectivity index (χ3n) is 8.42. The van der Waals surface area contributed by atoms with E-state index in [-0.39, 0.29) is 35.8 Å². The van der Waals surface area contributed by atoms with Crippen molar-refractivity contribution in [1.82, 2.24) is 14.8 Å². The number of aromatic amines is 1. The monoisotopic (exact) mass is 523 g/mol. The number of hydrogen-bond donors (Lipinski definition) is 3. The topological polar surface area (TPSA) is 116 Å². The van der Waals surface area contributed by atoms with Crippen molar-refractivity contribution in [1.29, 1.82) is 5.41 Å². The maximum absolute atomic E-state index is 13.9. The first-order chi connectivity index (χ1) is 18.4. The number of nitrogens with one attached hydrogen (secondary N) is 2. The molecule has 0 radical (unpaired) electrons. The first-order valence-corrected chi connectivity index (χ1v) is 14.6. The lowest BCUT2D eigenvalue weighted by molar-refractivity contribution is -0.152. The Kier molecular flexibility index (Phi) is 9.47. The van der Waals surface area contributed by atoms with Gasteiger partial charge in [0.2, 0.25) is 5.91 Å². The number of nitrogens with zero attached hydrogens (tertiary/aromatic N) is 2. The van der Waals surface area contributed by atoms with E-state index in [1.807, 2.05) is 19.1 Å². The predicted octanol–water partition coefficient (Wildman–Crippen LogP) is 4.52. The number of amides is 1. The van der Waals surface area contributed by atoms with Gasteiger partial charge >= 0.3 is 5.97 Å². The number of likely N-dealkylation sites (tertiary alicyclic amines) is 2. The van der Waals surface area contributed by atoms with E-state index in [4.69, 9.17) is 15.9 Å². The first kappa shape index (κ1) is 28.1. The van der Waals surface area contributed by atoms with Gasteiger partial charge in [-0.15, -0.1) is 0 Å². The number of ether oxygens (including phenoxy) is 1. The molecule has 1 aromatic carbocycles. The van der Waals surface area contributed by atoms with Crippen molar-refractivity contribution in [3.63, 3.8) is 0 Å². The van der Waals surface area contributed by atoms with Crippen LogP contribution in [0.3, 0.4) is 0 Å². The van der Waals surface area contributed by atoms with E-state index in [0.29, 0.717) is 6.61 Å². The van der Waals surface area contributed by atoms with Crippen LogP contribution in [0.5, 0.6) is 0 Å². The number of aromatic nitrogens is 1. The molecular weight excluding hydrogens is 478 g/mol. The van der Waals surface area contributed by atoms with Crippen molar-refractivity contribution in [2.75, 3.05) is 19.7 Å². The Labute approximate surface area is 226 Å². The molecule has 2 aromatic rings. The predicted molar refractivity (Wildman–Crippen MR) is 151 cm³/mol. The third-order valence-corrected chi connectivity index (χ3v) is 8.42. The van der Waals surface area contributed by atoms with Crippen LogP contribution in [0.1, 0.15) is 89.0 Å². The largest absolute Gasteiger partial charge is 0.465 e. The number of aryl methyl sites for hydroxylation is 2. The Balaban J connectivity index is 1.47. The number of carbonyl (C=O) groups excluding carboxylic acids is 2. The second kappa shape index (κ2) is 12.8. The number of hydrogen-bond acceptors (Lipinski definition) is 5. The number of amidine groups is 1. The van der Waals surface area contributed by atoms with Gasteiger partial charge in [-0.1, -0.05) is 38.8 Å². The number of rotatable bonds is 12. The van der Waals surface area contributed by atoms with Gasteiger partial charge in [-0.2, -0.15) is 0 Å². The fourth-order valence-electron chi connectivity index (χ4n) is 6.51. The normalized spacial score (nSPS) is 20.8. The summed E-state index contributed by atoms with van der Waals surface area (Å²) in [5.41, 5.74) is 9.97. The number of nitrogens with two attached hydrogens (primary N) is 1. The van der Waals surface area contributed by atoms with Gasteiger partial charge in [0, 0.05) is 34.7 Å². The van der Waals surface area contributed by atoms with Crippen LogP contribution < -0.4 is 5.73 Å². The zero-order valence-electron chi connectivity index (χ0n) is 23.4. The number of H-pyrrole nitrogens is 1. The van der Waals surface area contributed by atoms with Gasteiger partial charge in [-0.3, -0.25) is 19.9 Å². The molecule has 8 nitrogen and oxygen atoms in total. The fraction of sp³-hybridized carbons (Fsp3) is 0.633. The molecule has 0 saturated carbocycles. The second-order valence-electron chi connectivity index (χ2n) is 10.8. The van der Waals surface area contributed by atoms with E-state index in [1.54, 1.807) is 0 Å². The van der Waals surface area contributed by atoms with Gasteiger partial charge in [0.1, 0.15) is 11.9 Å². The molecule has 0 aliphatic carbocycles. The molecule has 1 amide bonds. The van der Waals surface area contributed by atoms with E-state index in [1.165, 1.54) is 16.6 Å². The summed E-state index contributed by atoms with van der Waals surface area (Å²) in [6.45, 7) is 8.08. The molecule has 38 heavy (non-hydrogen) atoms. The Morgan fingerprint density at radius 3 is 2.68 bits per heavy atom. The standard InChI is InChI=1S/C30H45N5O3/c1-4-7-11-27(30(37)38-6-3)35-18-9-12-26(35)29(36)34-17-8-10-21(34)14-16-24-22(5-2)23-15-13-20(28(31)32)19-25(23)33-24/h13,15,19,21,26-27,33H,4-12,14,16-18H2,1-3H3,(H3,31,32)/t21-,26+,27?/m0/s1. The van der Waals surface area contributed by atoms with E-state index >= 15 is 0 Å². The molecular formula is C30H45N5O3. The molecule has 8 heteroatoms. The molecule has 4 N–H and O–H groups in total. The van der Waals surface area contributed by atoms with Crippen LogP contribution in [0.4, 0.5) is 0 Å². The van der Waals surface area contributed by atoms with Crippen molar-refractivity contribution in [2.24, 2.45) is 5.73 Å². The summed E-state index contributed by atoms with van der Waals surface area (Å²) in [5.74, 6) is 0.0776. The summed E-state index contributed by atoms with van der Waals surface area (Å²) >= 11 is 0. The number of benzene rings is 1. The summed E-state index contributed by atoms with van der Waals surface area (Å²) in [7, 11) is 0. The fourth-order valence-corrected chi connectivity index (χ4v) is 6.51. The average Bonchev–Trinajstić information content (AvgIpc) is 3.65. The molecule has 3 atom stereocenters. The molecule has 2 saturated heterocycles. The van der Waals surface area contributed by atoms with E-state index < -0.39 is 0 Å². The minimum atomic E-state index is -0.328. The van der Waals surface area contributed by atoms with Gasteiger partial charge in [0.05, 0.1) is 12.6 Å². The third kappa shape index (κ3) is 5.90. The summed E-state index contributed by atoms with van der Waals surface area (Å²) in [4.78, 5) is 34.6. The molecule has 2 aliphatic heterocycles. The minimum Gasteiger partial charge on any atom is -0.465 e. The molecule has 3 heterocycles. The minimum absolute atomic E-state index is 0.0713.